The molecule has 5 nitrogen and oxygen atoms in total. The first-order valence-corrected chi connectivity index (χ1v) is 9.45. The summed E-state index contributed by atoms with van der Waals surface area (Å²) < 4.78 is 5.88. The quantitative estimate of drug-likeness (QED) is 0.729. The number of benzene rings is 2. The summed E-state index contributed by atoms with van der Waals surface area (Å²) in [6.07, 6.45) is 1.60. The van der Waals surface area contributed by atoms with E-state index in [2.05, 4.69) is 10.3 Å². The van der Waals surface area contributed by atoms with Crippen LogP contribution in [0.25, 0.3) is 6.08 Å². The molecule has 0 fully saturated rings. The van der Waals surface area contributed by atoms with Crippen molar-refractivity contribution < 1.29 is 14.3 Å². The molecule has 8 heteroatoms. The van der Waals surface area contributed by atoms with Gasteiger partial charge in [-0.15, -0.1) is 0 Å². The van der Waals surface area contributed by atoms with Crippen LogP contribution in [0.1, 0.15) is 18.1 Å². The fraction of sp³-hybridized carbons (Fsp3) is 0.105. The third-order valence-electron chi connectivity index (χ3n) is 3.45. The number of hydrogen-bond acceptors (Lipinski definition) is 4. The zero-order chi connectivity index (χ0) is 19.4. The van der Waals surface area contributed by atoms with Crippen LogP contribution in [-0.4, -0.2) is 17.0 Å². The van der Waals surface area contributed by atoms with Gasteiger partial charge in [0.15, 0.2) is 5.17 Å². The minimum absolute atomic E-state index is 0.235. The largest absolute Gasteiger partial charge is 0.487 e. The van der Waals surface area contributed by atoms with Gasteiger partial charge in [0, 0.05) is 17.5 Å². The van der Waals surface area contributed by atoms with Gasteiger partial charge in [-0.25, -0.2) is 0 Å². The van der Waals surface area contributed by atoms with Crippen molar-refractivity contribution in [1.29, 1.82) is 0 Å². The predicted molar refractivity (Wildman–Crippen MR) is 109 cm³/mol. The van der Waals surface area contributed by atoms with Crippen LogP contribution in [0.2, 0.25) is 10.0 Å². The molecule has 0 aromatic heterocycles. The van der Waals surface area contributed by atoms with Gasteiger partial charge in [0.25, 0.3) is 5.91 Å². The Hall–Kier alpha value is -2.28. The number of ether oxygens (including phenoxy) is 1. The summed E-state index contributed by atoms with van der Waals surface area (Å²) in [6.45, 7) is 1.66. The minimum Gasteiger partial charge on any atom is -0.487 e. The maximum absolute atomic E-state index is 12.1. The molecule has 0 bridgehead atoms. The van der Waals surface area contributed by atoms with Crippen LogP contribution in [0.15, 0.2) is 52.4 Å². The highest BCUT2D eigenvalue weighted by molar-refractivity contribution is 8.18. The average Bonchev–Trinajstić information content (AvgIpc) is 2.93. The van der Waals surface area contributed by atoms with Gasteiger partial charge in [0.1, 0.15) is 12.4 Å². The van der Waals surface area contributed by atoms with E-state index in [4.69, 9.17) is 27.9 Å². The normalized spacial score (nSPS) is 15.0. The molecule has 0 unspecified atom stereocenters. The van der Waals surface area contributed by atoms with Gasteiger partial charge in [-0.3, -0.25) is 9.59 Å². The van der Waals surface area contributed by atoms with Gasteiger partial charge in [-0.05, 0) is 35.5 Å². The molecule has 3 rings (SSSR count). The third-order valence-corrected chi connectivity index (χ3v) is 4.85. The summed E-state index contributed by atoms with van der Waals surface area (Å²) in [6, 6.07) is 12.9. The molecule has 2 aromatic rings. The van der Waals surface area contributed by atoms with Crippen molar-refractivity contribution in [2.75, 3.05) is 0 Å². The molecule has 2 aromatic carbocycles. The molecule has 0 saturated carbocycles. The Labute approximate surface area is 170 Å². The van der Waals surface area contributed by atoms with Crippen molar-refractivity contribution in [1.82, 2.24) is 5.32 Å². The second-order valence-corrected chi connectivity index (χ2v) is 7.47. The van der Waals surface area contributed by atoms with E-state index in [-0.39, 0.29) is 11.1 Å². The lowest BCUT2D eigenvalue weighted by Gasteiger charge is -2.12. The molecule has 0 spiro atoms. The van der Waals surface area contributed by atoms with E-state index >= 15 is 0 Å². The third kappa shape index (κ3) is 5.13. The molecule has 2 amide bonds. The number of hydrogen-bond donors (Lipinski definition) is 1. The first-order chi connectivity index (χ1) is 12.9. The average molecular weight is 421 g/mol. The van der Waals surface area contributed by atoms with Crippen molar-refractivity contribution >= 4 is 58.0 Å². The van der Waals surface area contributed by atoms with Crippen LogP contribution in [0.5, 0.6) is 5.75 Å². The highest BCUT2D eigenvalue weighted by Crippen LogP contribution is 2.37. The van der Waals surface area contributed by atoms with Crippen molar-refractivity contribution in [2.24, 2.45) is 4.99 Å². The summed E-state index contributed by atoms with van der Waals surface area (Å²) in [5.41, 5.74) is 1.53. The Morgan fingerprint density at radius 1 is 1.26 bits per heavy atom. The maximum atomic E-state index is 12.1. The zero-order valence-corrected chi connectivity index (χ0v) is 16.5. The van der Waals surface area contributed by atoms with Gasteiger partial charge < -0.3 is 10.1 Å². The summed E-state index contributed by atoms with van der Waals surface area (Å²) in [4.78, 5) is 27.4. The minimum atomic E-state index is -0.450. The lowest BCUT2D eigenvalue weighted by molar-refractivity contribution is -0.117. The maximum Gasteiger partial charge on any atom is 0.286 e. The molecule has 1 aliphatic rings. The Morgan fingerprint density at radius 3 is 2.70 bits per heavy atom. The smallest absolute Gasteiger partial charge is 0.286 e. The van der Waals surface area contributed by atoms with Crippen LogP contribution < -0.4 is 10.1 Å². The van der Waals surface area contributed by atoms with Gasteiger partial charge in [0.2, 0.25) is 5.91 Å². The van der Waals surface area contributed by atoms with E-state index in [1.54, 1.807) is 18.2 Å². The first-order valence-electron chi connectivity index (χ1n) is 7.88. The molecule has 1 heterocycles. The second kappa shape index (κ2) is 8.61. The van der Waals surface area contributed by atoms with E-state index in [0.29, 0.717) is 32.9 Å². The van der Waals surface area contributed by atoms with Gasteiger partial charge in [-0.1, -0.05) is 53.5 Å². The summed E-state index contributed by atoms with van der Waals surface area (Å²) in [7, 11) is 0. The summed E-state index contributed by atoms with van der Waals surface area (Å²) in [5, 5.41) is 3.49. The molecule has 0 radical (unpaired) electrons. The molecule has 0 aliphatic carbocycles. The SMILES string of the molecule is CC(=O)NC1=NC(=O)/C(=C\c2cc(Cl)cc(Cl)c2OCc2ccccc2)S1. The first kappa shape index (κ1) is 19.5. The molecular weight excluding hydrogens is 407 g/mol. The van der Waals surface area contributed by atoms with E-state index in [1.165, 1.54) is 6.92 Å². The number of rotatable bonds is 4. The Morgan fingerprint density at radius 2 is 2.00 bits per heavy atom. The monoisotopic (exact) mass is 420 g/mol. The fourth-order valence-electron chi connectivity index (χ4n) is 2.32. The Balaban J connectivity index is 1.87. The Bertz CT molecular complexity index is 959. The number of nitrogens with zero attached hydrogens (tertiary/aromatic N) is 1. The lowest BCUT2D eigenvalue weighted by Crippen LogP contribution is -2.23. The number of nitrogens with one attached hydrogen (secondary N) is 1. The zero-order valence-electron chi connectivity index (χ0n) is 14.2. The lowest BCUT2D eigenvalue weighted by atomic mass is 10.1. The molecule has 27 heavy (non-hydrogen) atoms. The molecular formula is C19H14Cl2N2O3S. The van der Waals surface area contributed by atoms with E-state index in [0.717, 1.165) is 17.3 Å². The van der Waals surface area contributed by atoms with E-state index in [1.807, 2.05) is 30.3 Å². The van der Waals surface area contributed by atoms with Gasteiger partial charge in [-0.2, -0.15) is 4.99 Å². The number of amides is 2. The fourth-order valence-corrected chi connectivity index (χ4v) is 3.74. The van der Waals surface area contributed by atoms with Crippen LogP contribution in [-0.2, 0) is 16.2 Å². The number of amidine groups is 1. The number of carbonyl (C=O) groups is 2. The standard InChI is InChI=1S/C19H14Cl2N2O3S/c1-11(24)22-19-23-18(25)16(27-19)8-13-7-14(20)9-15(21)17(13)26-10-12-5-3-2-4-6-12/h2-9H,10H2,1H3,(H,22,23,24,25)/b16-8+. The van der Waals surface area contributed by atoms with Crippen molar-refractivity contribution in [2.45, 2.75) is 13.5 Å². The van der Waals surface area contributed by atoms with Crippen molar-refractivity contribution in [3.05, 3.63) is 68.5 Å². The van der Waals surface area contributed by atoms with Crippen molar-refractivity contribution in [3.63, 3.8) is 0 Å². The highest BCUT2D eigenvalue weighted by atomic mass is 35.5. The number of thioether (sulfide) groups is 1. The summed E-state index contributed by atoms with van der Waals surface area (Å²) >= 11 is 13.5. The van der Waals surface area contributed by atoms with Crippen molar-refractivity contribution in [3.8, 4) is 5.75 Å². The molecule has 1 N–H and O–H groups in total. The number of aliphatic imine (C=N–C) groups is 1. The molecule has 1 aliphatic heterocycles. The van der Waals surface area contributed by atoms with Gasteiger partial charge in [0.05, 0.1) is 9.93 Å². The molecule has 0 saturated heterocycles. The van der Waals surface area contributed by atoms with Crippen LogP contribution in [0.4, 0.5) is 0 Å². The van der Waals surface area contributed by atoms with Crippen LogP contribution in [0, 0.1) is 0 Å². The van der Waals surface area contributed by atoms with E-state index in [9.17, 15) is 9.59 Å². The van der Waals surface area contributed by atoms with Crippen LogP contribution >= 0.6 is 35.0 Å². The number of halogens is 2. The molecule has 0 atom stereocenters. The van der Waals surface area contributed by atoms with Crippen LogP contribution in [0.3, 0.4) is 0 Å². The second-order valence-electron chi connectivity index (χ2n) is 5.59. The molecule has 138 valence electrons. The topological polar surface area (TPSA) is 67.8 Å². The number of carbonyl (C=O) groups excluding carboxylic acids is 2. The van der Waals surface area contributed by atoms with Gasteiger partial charge >= 0.3 is 0 Å². The predicted octanol–water partition coefficient (Wildman–Crippen LogP) is 4.68. The van der Waals surface area contributed by atoms with E-state index < -0.39 is 5.91 Å². The summed E-state index contributed by atoms with van der Waals surface area (Å²) in [5.74, 6) is -0.333. The highest BCUT2D eigenvalue weighted by Gasteiger charge is 2.23. The Kier molecular flexibility index (Phi) is 6.21.